The summed E-state index contributed by atoms with van der Waals surface area (Å²) < 4.78 is 0. The molecule has 0 unspecified atom stereocenters. The number of aryl methyl sites for hydroxylation is 2. The zero-order valence-electron chi connectivity index (χ0n) is 7.55. The first kappa shape index (κ1) is 9.88. The maximum absolute atomic E-state index is 5.45. The monoisotopic (exact) mass is 153 g/mol. The molecule has 1 aromatic heterocycles. The lowest BCUT2D eigenvalue weighted by atomic mass is 10.4. The number of rotatable bonds is 0. The van der Waals surface area contributed by atoms with Crippen molar-refractivity contribution in [2.24, 2.45) is 0 Å². The number of nitrogens with two attached hydrogens (primary N) is 1. The first-order valence-corrected chi connectivity index (χ1v) is 3.76. The van der Waals surface area contributed by atoms with Gasteiger partial charge in [0.15, 0.2) is 0 Å². The zero-order chi connectivity index (χ0) is 8.85. The van der Waals surface area contributed by atoms with Gasteiger partial charge in [-0.3, -0.25) is 4.98 Å². The molecule has 0 aromatic carbocycles. The van der Waals surface area contributed by atoms with E-state index in [1.807, 2.05) is 27.7 Å². The molecule has 62 valence electrons. The van der Waals surface area contributed by atoms with Gasteiger partial charge in [-0.05, 0) is 13.8 Å². The number of nitrogen functional groups attached to an aromatic ring is 1. The van der Waals surface area contributed by atoms with E-state index in [-0.39, 0.29) is 0 Å². The average molecular weight is 153 g/mol. The van der Waals surface area contributed by atoms with E-state index in [2.05, 4.69) is 9.97 Å². The van der Waals surface area contributed by atoms with Crippen molar-refractivity contribution in [1.82, 2.24) is 9.97 Å². The zero-order valence-corrected chi connectivity index (χ0v) is 7.55. The third-order valence-corrected chi connectivity index (χ3v) is 1.11. The van der Waals surface area contributed by atoms with Crippen molar-refractivity contribution in [1.29, 1.82) is 0 Å². The second-order valence-electron chi connectivity index (χ2n) is 1.98. The SMILES string of the molecule is CC.Cc1cnc(C)c(N)n1. The van der Waals surface area contributed by atoms with Gasteiger partial charge in [0.1, 0.15) is 5.82 Å². The van der Waals surface area contributed by atoms with Gasteiger partial charge in [0.25, 0.3) is 0 Å². The van der Waals surface area contributed by atoms with Crippen LogP contribution in [0.4, 0.5) is 5.82 Å². The molecular formula is C8H15N3. The van der Waals surface area contributed by atoms with Gasteiger partial charge in [-0.1, -0.05) is 13.8 Å². The Labute approximate surface area is 67.7 Å². The summed E-state index contributed by atoms with van der Waals surface area (Å²) in [7, 11) is 0. The molecule has 0 saturated carbocycles. The molecule has 3 heteroatoms. The van der Waals surface area contributed by atoms with Gasteiger partial charge in [0, 0.05) is 6.20 Å². The molecule has 11 heavy (non-hydrogen) atoms. The number of hydrogen-bond acceptors (Lipinski definition) is 3. The van der Waals surface area contributed by atoms with Gasteiger partial charge in [-0.15, -0.1) is 0 Å². The van der Waals surface area contributed by atoms with Gasteiger partial charge in [0.05, 0.1) is 11.4 Å². The Kier molecular flexibility index (Phi) is 4.18. The van der Waals surface area contributed by atoms with Gasteiger partial charge in [0.2, 0.25) is 0 Å². The third kappa shape index (κ3) is 2.98. The molecule has 3 nitrogen and oxygen atoms in total. The van der Waals surface area contributed by atoms with E-state index in [1.165, 1.54) is 0 Å². The van der Waals surface area contributed by atoms with Crippen LogP contribution in [0.15, 0.2) is 6.20 Å². The predicted octanol–water partition coefficient (Wildman–Crippen LogP) is 1.70. The first-order chi connectivity index (χ1) is 5.20. The highest BCUT2D eigenvalue weighted by atomic mass is 14.9. The van der Waals surface area contributed by atoms with Crippen LogP contribution in [0, 0.1) is 13.8 Å². The highest BCUT2D eigenvalue weighted by Crippen LogP contribution is 2.01. The molecule has 1 aromatic rings. The summed E-state index contributed by atoms with van der Waals surface area (Å²) in [5.74, 6) is 0.523. The van der Waals surface area contributed by atoms with Gasteiger partial charge >= 0.3 is 0 Å². The second kappa shape index (κ2) is 4.66. The van der Waals surface area contributed by atoms with Crippen LogP contribution in [0.5, 0.6) is 0 Å². The fraction of sp³-hybridized carbons (Fsp3) is 0.500. The highest BCUT2D eigenvalue weighted by molar-refractivity contribution is 5.32. The van der Waals surface area contributed by atoms with E-state index in [0.29, 0.717) is 5.82 Å². The Morgan fingerprint density at radius 1 is 1.27 bits per heavy atom. The highest BCUT2D eigenvalue weighted by Gasteiger charge is 1.93. The van der Waals surface area contributed by atoms with E-state index < -0.39 is 0 Å². The summed E-state index contributed by atoms with van der Waals surface area (Å²) >= 11 is 0. The molecule has 0 spiro atoms. The number of hydrogen-bond donors (Lipinski definition) is 1. The smallest absolute Gasteiger partial charge is 0.145 e. The molecule has 0 radical (unpaired) electrons. The molecule has 2 N–H and O–H groups in total. The minimum atomic E-state index is 0.523. The molecule has 0 aliphatic rings. The van der Waals surface area contributed by atoms with Crippen molar-refractivity contribution < 1.29 is 0 Å². The lowest BCUT2D eigenvalue weighted by Gasteiger charge is -1.96. The van der Waals surface area contributed by atoms with Gasteiger partial charge in [-0.25, -0.2) is 4.98 Å². The molecule has 1 heterocycles. The van der Waals surface area contributed by atoms with Crippen LogP contribution in [-0.2, 0) is 0 Å². The van der Waals surface area contributed by atoms with Crippen molar-refractivity contribution >= 4 is 5.82 Å². The Balaban J connectivity index is 0.000000461. The summed E-state index contributed by atoms with van der Waals surface area (Å²) in [6.45, 7) is 7.70. The lowest BCUT2D eigenvalue weighted by molar-refractivity contribution is 1.07. The molecule has 0 bridgehead atoms. The van der Waals surface area contributed by atoms with E-state index in [1.54, 1.807) is 6.20 Å². The van der Waals surface area contributed by atoms with Crippen molar-refractivity contribution in [3.8, 4) is 0 Å². The summed E-state index contributed by atoms with van der Waals surface area (Å²) in [5.41, 5.74) is 7.10. The van der Waals surface area contributed by atoms with Crippen molar-refractivity contribution in [2.45, 2.75) is 27.7 Å². The van der Waals surface area contributed by atoms with Crippen LogP contribution >= 0.6 is 0 Å². The van der Waals surface area contributed by atoms with E-state index in [9.17, 15) is 0 Å². The minimum Gasteiger partial charge on any atom is -0.382 e. The van der Waals surface area contributed by atoms with Crippen LogP contribution in [0.3, 0.4) is 0 Å². The maximum atomic E-state index is 5.45. The summed E-state index contributed by atoms with van der Waals surface area (Å²) in [6.07, 6.45) is 1.70. The van der Waals surface area contributed by atoms with Crippen LogP contribution in [0.25, 0.3) is 0 Å². The second-order valence-corrected chi connectivity index (χ2v) is 1.98. The molecule has 0 atom stereocenters. The molecule has 0 fully saturated rings. The maximum Gasteiger partial charge on any atom is 0.145 e. The van der Waals surface area contributed by atoms with Crippen LogP contribution in [0.2, 0.25) is 0 Å². The average Bonchev–Trinajstić information content (AvgIpc) is 2.02. The number of aromatic nitrogens is 2. The Bertz CT molecular complexity index is 221. The van der Waals surface area contributed by atoms with E-state index in [0.717, 1.165) is 11.4 Å². The summed E-state index contributed by atoms with van der Waals surface area (Å²) in [4.78, 5) is 7.98. The van der Waals surface area contributed by atoms with Crippen molar-refractivity contribution in [2.75, 3.05) is 5.73 Å². The lowest BCUT2D eigenvalue weighted by Crippen LogP contribution is -1.97. The first-order valence-electron chi connectivity index (χ1n) is 3.76. The normalized spacial score (nSPS) is 8.36. The molecule has 1 rings (SSSR count). The van der Waals surface area contributed by atoms with Crippen LogP contribution in [-0.4, -0.2) is 9.97 Å². The molecule has 0 aliphatic carbocycles. The Hall–Kier alpha value is -1.12. The van der Waals surface area contributed by atoms with E-state index >= 15 is 0 Å². The third-order valence-electron chi connectivity index (χ3n) is 1.11. The molecule has 0 aliphatic heterocycles. The van der Waals surface area contributed by atoms with Crippen LogP contribution in [0.1, 0.15) is 25.2 Å². The Morgan fingerprint density at radius 2 is 1.82 bits per heavy atom. The largest absolute Gasteiger partial charge is 0.382 e. The fourth-order valence-corrected chi connectivity index (χ4v) is 0.556. The van der Waals surface area contributed by atoms with Gasteiger partial charge in [-0.2, -0.15) is 0 Å². The Morgan fingerprint density at radius 3 is 2.18 bits per heavy atom. The molecular weight excluding hydrogens is 138 g/mol. The van der Waals surface area contributed by atoms with Gasteiger partial charge < -0.3 is 5.73 Å². The topological polar surface area (TPSA) is 51.8 Å². The molecule has 0 amide bonds. The predicted molar refractivity (Wildman–Crippen MR) is 47.3 cm³/mol. The van der Waals surface area contributed by atoms with Crippen LogP contribution < -0.4 is 5.73 Å². The quantitative estimate of drug-likeness (QED) is 0.617. The standard InChI is InChI=1S/C6H9N3.C2H6/c1-4-3-8-5(2)6(7)9-4;1-2/h3H,1-2H3,(H2,7,9);1-2H3. The van der Waals surface area contributed by atoms with Crippen molar-refractivity contribution in [3.05, 3.63) is 17.6 Å². The fourth-order valence-electron chi connectivity index (χ4n) is 0.556. The number of nitrogens with zero attached hydrogens (tertiary/aromatic N) is 2. The van der Waals surface area contributed by atoms with E-state index in [4.69, 9.17) is 5.73 Å². The number of anilines is 1. The minimum absolute atomic E-state index is 0.523. The van der Waals surface area contributed by atoms with Crippen molar-refractivity contribution in [3.63, 3.8) is 0 Å². The molecule has 0 saturated heterocycles. The summed E-state index contributed by atoms with van der Waals surface area (Å²) in [5, 5.41) is 0. The summed E-state index contributed by atoms with van der Waals surface area (Å²) in [6, 6.07) is 0.